The molecular formula is C10H6ClF3N4. The minimum absolute atomic E-state index is 0.158. The number of hydrogen-bond acceptors (Lipinski definition) is 4. The number of aromatic nitrogens is 3. The fourth-order valence-electron chi connectivity index (χ4n) is 1.16. The van der Waals surface area contributed by atoms with Crippen LogP contribution in [0.25, 0.3) is 0 Å². The van der Waals surface area contributed by atoms with Crippen LogP contribution in [-0.2, 0) is 6.18 Å². The van der Waals surface area contributed by atoms with Gasteiger partial charge in [-0.3, -0.25) is 0 Å². The summed E-state index contributed by atoms with van der Waals surface area (Å²) in [6, 6.07) is 3.85. The Hall–Kier alpha value is -1.89. The lowest BCUT2D eigenvalue weighted by atomic mass is 10.4. The second-order valence-corrected chi connectivity index (χ2v) is 3.65. The lowest BCUT2D eigenvalue weighted by molar-refractivity contribution is -0.141. The predicted octanol–water partition coefficient (Wildman–Crippen LogP) is 3.29. The molecule has 2 aromatic heterocycles. The second-order valence-electron chi connectivity index (χ2n) is 3.26. The first-order chi connectivity index (χ1) is 8.45. The van der Waals surface area contributed by atoms with E-state index in [0.29, 0.717) is 5.69 Å². The maximum Gasteiger partial charge on any atom is 0.433 e. The molecule has 0 radical (unpaired) electrons. The number of halogens is 4. The number of nitrogens with zero attached hydrogens (tertiary/aromatic N) is 3. The molecule has 2 heterocycles. The SMILES string of the molecule is FC(F)(F)c1ccnc(Nc2ccc(Cl)nc2)n1. The van der Waals surface area contributed by atoms with Crippen LogP contribution in [0.1, 0.15) is 5.69 Å². The van der Waals surface area contributed by atoms with E-state index in [2.05, 4.69) is 20.3 Å². The molecule has 0 aromatic carbocycles. The maximum atomic E-state index is 12.4. The molecule has 0 spiro atoms. The molecule has 0 fully saturated rings. The van der Waals surface area contributed by atoms with Crippen LogP contribution in [0.2, 0.25) is 5.15 Å². The van der Waals surface area contributed by atoms with Gasteiger partial charge in [-0.1, -0.05) is 11.6 Å². The van der Waals surface area contributed by atoms with Gasteiger partial charge in [-0.25, -0.2) is 15.0 Å². The summed E-state index contributed by atoms with van der Waals surface area (Å²) in [7, 11) is 0. The van der Waals surface area contributed by atoms with Crippen molar-refractivity contribution in [2.45, 2.75) is 6.18 Å². The largest absolute Gasteiger partial charge is 0.433 e. The molecule has 1 N–H and O–H groups in total. The highest BCUT2D eigenvalue weighted by Crippen LogP contribution is 2.27. The van der Waals surface area contributed by atoms with Crippen LogP contribution in [0.15, 0.2) is 30.6 Å². The summed E-state index contributed by atoms with van der Waals surface area (Å²) in [5, 5.41) is 2.88. The number of rotatable bonds is 2. The highest BCUT2D eigenvalue weighted by Gasteiger charge is 2.32. The summed E-state index contributed by atoms with van der Waals surface area (Å²) in [5.74, 6) is -0.158. The van der Waals surface area contributed by atoms with Crippen molar-refractivity contribution in [1.82, 2.24) is 15.0 Å². The molecular weight excluding hydrogens is 269 g/mol. The van der Waals surface area contributed by atoms with Gasteiger partial charge in [0.15, 0.2) is 0 Å². The highest BCUT2D eigenvalue weighted by molar-refractivity contribution is 6.29. The van der Waals surface area contributed by atoms with Gasteiger partial charge in [0.05, 0.1) is 11.9 Å². The van der Waals surface area contributed by atoms with Crippen molar-refractivity contribution < 1.29 is 13.2 Å². The summed E-state index contributed by atoms with van der Waals surface area (Å²) in [5.41, 5.74) is -0.569. The Morgan fingerprint density at radius 2 is 1.89 bits per heavy atom. The predicted molar refractivity (Wildman–Crippen MR) is 59.6 cm³/mol. The molecule has 0 bridgehead atoms. The Balaban J connectivity index is 2.22. The first-order valence-electron chi connectivity index (χ1n) is 4.74. The summed E-state index contributed by atoms with van der Waals surface area (Å²) in [6.07, 6.45) is -2.11. The zero-order valence-electron chi connectivity index (χ0n) is 8.74. The van der Waals surface area contributed by atoms with E-state index in [1.807, 2.05) is 0 Å². The van der Waals surface area contributed by atoms with E-state index < -0.39 is 11.9 Å². The monoisotopic (exact) mass is 274 g/mol. The second kappa shape index (κ2) is 4.77. The van der Waals surface area contributed by atoms with E-state index in [0.717, 1.165) is 12.3 Å². The summed E-state index contributed by atoms with van der Waals surface area (Å²) in [6.45, 7) is 0. The van der Waals surface area contributed by atoms with E-state index in [9.17, 15) is 13.2 Å². The Morgan fingerprint density at radius 3 is 2.50 bits per heavy atom. The van der Waals surface area contributed by atoms with Crippen molar-refractivity contribution in [3.05, 3.63) is 41.4 Å². The molecule has 2 rings (SSSR count). The van der Waals surface area contributed by atoms with Crippen LogP contribution in [-0.4, -0.2) is 15.0 Å². The van der Waals surface area contributed by atoms with Gasteiger partial charge in [-0.15, -0.1) is 0 Å². The van der Waals surface area contributed by atoms with Crippen molar-refractivity contribution in [2.75, 3.05) is 5.32 Å². The van der Waals surface area contributed by atoms with Crippen molar-refractivity contribution in [2.24, 2.45) is 0 Å². The molecule has 2 aromatic rings. The Morgan fingerprint density at radius 1 is 1.11 bits per heavy atom. The first kappa shape index (κ1) is 12.6. The summed E-state index contributed by atoms with van der Waals surface area (Å²) in [4.78, 5) is 10.8. The molecule has 0 aliphatic heterocycles. The first-order valence-corrected chi connectivity index (χ1v) is 5.12. The maximum absolute atomic E-state index is 12.4. The average Bonchev–Trinajstić information content (AvgIpc) is 2.31. The Bertz CT molecular complexity index is 542. The standard InChI is InChI=1S/C10H6ClF3N4/c11-8-2-1-6(5-16-8)17-9-15-4-3-7(18-9)10(12,13)14/h1-5H,(H,15,17,18). The van der Waals surface area contributed by atoms with E-state index in [1.54, 1.807) is 6.07 Å². The van der Waals surface area contributed by atoms with E-state index in [1.165, 1.54) is 12.3 Å². The van der Waals surface area contributed by atoms with E-state index in [4.69, 9.17) is 11.6 Å². The van der Waals surface area contributed by atoms with Crippen LogP contribution < -0.4 is 5.32 Å². The third-order valence-electron chi connectivity index (χ3n) is 1.93. The number of nitrogens with one attached hydrogen (secondary N) is 1. The van der Waals surface area contributed by atoms with Crippen molar-refractivity contribution in [3.63, 3.8) is 0 Å². The molecule has 18 heavy (non-hydrogen) atoms. The molecule has 0 aliphatic rings. The fourth-order valence-corrected chi connectivity index (χ4v) is 1.27. The number of alkyl halides is 3. The number of hydrogen-bond donors (Lipinski definition) is 1. The topological polar surface area (TPSA) is 50.7 Å². The zero-order valence-corrected chi connectivity index (χ0v) is 9.50. The van der Waals surface area contributed by atoms with Gasteiger partial charge in [0, 0.05) is 6.20 Å². The summed E-state index contributed by atoms with van der Waals surface area (Å²) >= 11 is 5.58. The molecule has 0 atom stereocenters. The lowest BCUT2D eigenvalue weighted by Gasteiger charge is -2.08. The van der Waals surface area contributed by atoms with Crippen LogP contribution in [0, 0.1) is 0 Å². The molecule has 0 saturated heterocycles. The molecule has 0 saturated carbocycles. The minimum atomic E-state index is -4.50. The van der Waals surface area contributed by atoms with Gasteiger partial charge in [-0.2, -0.15) is 13.2 Å². The van der Waals surface area contributed by atoms with Gasteiger partial charge in [0.25, 0.3) is 0 Å². The highest BCUT2D eigenvalue weighted by atomic mass is 35.5. The molecule has 0 aliphatic carbocycles. The number of anilines is 2. The van der Waals surface area contributed by atoms with E-state index >= 15 is 0 Å². The molecule has 8 heteroatoms. The molecule has 4 nitrogen and oxygen atoms in total. The van der Waals surface area contributed by atoms with Crippen LogP contribution in [0.4, 0.5) is 24.8 Å². The minimum Gasteiger partial charge on any atom is -0.323 e. The Labute approximate surface area is 105 Å². The number of pyridine rings is 1. The zero-order chi connectivity index (χ0) is 13.2. The van der Waals surface area contributed by atoms with Gasteiger partial charge in [0.2, 0.25) is 5.95 Å². The van der Waals surface area contributed by atoms with E-state index in [-0.39, 0.29) is 11.1 Å². The van der Waals surface area contributed by atoms with Crippen LogP contribution in [0.3, 0.4) is 0 Å². The van der Waals surface area contributed by atoms with Gasteiger partial charge < -0.3 is 5.32 Å². The summed E-state index contributed by atoms with van der Waals surface area (Å²) < 4.78 is 37.2. The fraction of sp³-hybridized carbons (Fsp3) is 0.100. The van der Waals surface area contributed by atoms with Crippen LogP contribution >= 0.6 is 11.6 Å². The van der Waals surface area contributed by atoms with Crippen LogP contribution in [0.5, 0.6) is 0 Å². The van der Waals surface area contributed by atoms with Crippen molar-refractivity contribution in [1.29, 1.82) is 0 Å². The normalized spacial score (nSPS) is 11.3. The average molecular weight is 275 g/mol. The molecule has 0 unspecified atom stereocenters. The van der Waals surface area contributed by atoms with Gasteiger partial charge >= 0.3 is 6.18 Å². The van der Waals surface area contributed by atoms with Crippen molar-refractivity contribution >= 4 is 23.2 Å². The third-order valence-corrected chi connectivity index (χ3v) is 2.15. The molecule has 0 amide bonds. The Kier molecular flexibility index (Phi) is 3.33. The molecule has 94 valence electrons. The lowest BCUT2D eigenvalue weighted by Crippen LogP contribution is -2.10. The quantitative estimate of drug-likeness (QED) is 0.854. The van der Waals surface area contributed by atoms with Gasteiger partial charge in [0.1, 0.15) is 10.8 Å². The van der Waals surface area contributed by atoms with Crippen molar-refractivity contribution in [3.8, 4) is 0 Å². The smallest absolute Gasteiger partial charge is 0.323 e. The third kappa shape index (κ3) is 3.07. The van der Waals surface area contributed by atoms with Gasteiger partial charge in [-0.05, 0) is 18.2 Å².